The van der Waals surface area contributed by atoms with Gasteiger partial charge in [-0.1, -0.05) is 25.3 Å². The van der Waals surface area contributed by atoms with Crippen LogP contribution in [0.2, 0.25) is 0 Å². The second-order valence-corrected chi connectivity index (χ2v) is 6.65. The Labute approximate surface area is 139 Å². The number of aromatic nitrogens is 1. The Morgan fingerprint density at radius 2 is 2.04 bits per heavy atom. The fraction of sp³-hybridized carbons (Fsp3) is 0.267. The van der Waals surface area contributed by atoms with Gasteiger partial charge in [0.25, 0.3) is 5.88 Å². The summed E-state index contributed by atoms with van der Waals surface area (Å²) in [5.41, 5.74) is 0.822. The second-order valence-electron chi connectivity index (χ2n) is 4.97. The first-order valence-electron chi connectivity index (χ1n) is 7.25. The van der Waals surface area contributed by atoms with E-state index in [0.717, 1.165) is 0 Å². The summed E-state index contributed by atoms with van der Waals surface area (Å²) in [4.78, 5) is 0. The summed E-state index contributed by atoms with van der Waals surface area (Å²) in [7, 11) is -3.60. The van der Waals surface area contributed by atoms with Crippen molar-refractivity contribution in [1.82, 2.24) is 9.88 Å². The molecule has 1 saturated heterocycles. The number of anilines is 1. The summed E-state index contributed by atoms with van der Waals surface area (Å²) in [5, 5.41) is 4.41. The molecule has 8 nitrogen and oxygen atoms in total. The van der Waals surface area contributed by atoms with Crippen molar-refractivity contribution < 1.29 is 22.4 Å². The van der Waals surface area contributed by atoms with E-state index in [1.54, 1.807) is 24.3 Å². The maximum atomic E-state index is 12.2. The first-order chi connectivity index (χ1) is 11.6. The highest BCUT2D eigenvalue weighted by molar-refractivity contribution is 7.91. The summed E-state index contributed by atoms with van der Waals surface area (Å²) in [6.07, 6.45) is 3.15. The SMILES string of the molecule is C=CCOc1cc2onc(OCC=C)c2cc1N1CCNS1(=O)=O. The van der Waals surface area contributed by atoms with Gasteiger partial charge in [0.05, 0.1) is 11.1 Å². The molecule has 3 rings (SSSR count). The molecule has 0 radical (unpaired) electrons. The van der Waals surface area contributed by atoms with Gasteiger partial charge in [0.2, 0.25) is 0 Å². The van der Waals surface area contributed by atoms with E-state index in [-0.39, 0.29) is 19.1 Å². The van der Waals surface area contributed by atoms with Crippen LogP contribution in [-0.2, 0) is 10.2 Å². The summed E-state index contributed by atoms with van der Waals surface area (Å²) in [5.74, 6) is 0.632. The fourth-order valence-corrected chi connectivity index (χ4v) is 3.60. The fourth-order valence-electron chi connectivity index (χ4n) is 2.36. The van der Waals surface area contributed by atoms with E-state index in [9.17, 15) is 8.42 Å². The molecule has 0 saturated carbocycles. The zero-order valence-corrected chi connectivity index (χ0v) is 13.7. The Bertz CT molecular complexity index is 875. The van der Waals surface area contributed by atoms with Crippen molar-refractivity contribution in [2.24, 2.45) is 0 Å². The zero-order valence-electron chi connectivity index (χ0n) is 12.9. The lowest BCUT2D eigenvalue weighted by molar-refractivity contribution is 0.317. The number of hydrogen-bond acceptors (Lipinski definition) is 6. The number of fused-ring (bicyclic) bond motifs is 1. The molecule has 1 fully saturated rings. The van der Waals surface area contributed by atoms with Gasteiger partial charge in [-0.2, -0.15) is 13.1 Å². The molecule has 0 unspecified atom stereocenters. The van der Waals surface area contributed by atoms with E-state index in [0.29, 0.717) is 35.5 Å². The third-order valence-corrected chi connectivity index (χ3v) is 4.90. The van der Waals surface area contributed by atoms with E-state index >= 15 is 0 Å². The molecule has 1 aromatic heterocycles. The summed E-state index contributed by atoms with van der Waals surface area (Å²) in [6, 6.07) is 3.23. The van der Waals surface area contributed by atoms with Gasteiger partial charge >= 0.3 is 10.2 Å². The molecule has 1 aromatic carbocycles. The monoisotopic (exact) mass is 351 g/mol. The molecule has 24 heavy (non-hydrogen) atoms. The summed E-state index contributed by atoms with van der Waals surface area (Å²) in [6.45, 7) is 8.29. The lowest BCUT2D eigenvalue weighted by atomic mass is 10.2. The van der Waals surface area contributed by atoms with E-state index in [2.05, 4.69) is 23.0 Å². The molecular weight excluding hydrogens is 334 g/mol. The van der Waals surface area contributed by atoms with Crippen LogP contribution in [-0.4, -0.2) is 39.9 Å². The standard InChI is InChI=1S/C15H17N3O5S/c1-3-7-21-14-10-13-11(15(17-23-13)22-8-4-2)9-12(14)18-6-5-16-24(18,19)20/h3-4,9-10,16H,1-2,5-8H2. The lowest BCUT2D eigenvalue weighted by Gasteiger charge is -2.19. The predicted octanol–water partition coefficient (Wildman–Crippen LogP) is 1.61. The van der Waals surface area contributed by atoms with Gasteiger partial charge < -0.3 is 14.0 Å². The quantitative estimate of drug-likeness (QED) is 0.762. The van der Waals surface area contributed by atoms with Crippen LogP contribution in [0.4, 0.5) is 5.69 Å². The van der Waals surface area contributed by atoms with Gasteiger partial charge in [-0.25, -0.2) is 0 Å². The van der Waals surface area contributed by atoms with E-state index < -0.39 is 10.2 Å². The molecule has 2 aromatic rings. The van der Waals surface area contributed by atoms with E-state index in [1.807, 2.05) is 0 Å². The number of ether oxygens (including phenoxy) is 2. The van der Waals surface area contributed by atoms with Crippen molar-refractivity contribution >= 4 is 26.9 Å². The first-order valence-corrected chi connectivity index (χ1v) is 8.69. The Hall–Kier alpha value is -2.52. The Kier molecular flexibility index (Phi) is 4.45. The van der Waals surface area contributed by atoms with Crippen molar-refractivity contribution in [3.8, 4) is 11.6 Å². The Balaban J connectivity index is 2.11. The number of rotatable bonds is 7. The molecule has 1 aliphatic heterocycles. The van der Waals surface area contributed by atoms with E-state index in [1.165, 1.54) is 4.31 Å². The van der Waals surface area contributed by atoms with Crippen molar-refractivity contribution in [3.05, 3.63) is 37.4 Å². The molecule has 0 atom stereocenters. The number of hydrogen-bond donors (Lipinski definition) is 1. The first kappa shape index (κ1) is 16.3. The topological polar surface area (TPSA) is 93.9 Å². The van der Waals surface area contributed by atoms with Gasteiger partial charge in [0.1, 0.15) is 19.0 Å². The number of nitrogens with zero attached hydrogens (tertiary/aromatic N) is 2. The molecule has 128 valence electrons. The van der Waals surface area contributed by atoms with Crippen LogP contribution < -0.4 is 18.5 Å². The molecule has 1 aliphatic rings. The van der Waals surface area contributed by atoms with Crippen LogP contribution >= 0.6 is 0 Å². The van der Waals surface area contributed by atoms with Crippen molar-refractivity contribution in [2.75, 3.05) is 30.6 Å². The van der Waals surface area contributed by atoms with Crippen LogP contribution in [0.15, 0.2) is 42.0 Å². The highest BCUT2D eigenvalue weighted by atomic mass is 32.2. The third kappa shape index (κ3) is 2.95. The minimum atomic E-state index is -3.60. The minimum absolute atomic E-state index is 0.230. The molecule has 0 aliphatic carbocycles. The van der Waals surface area contributed by atoms with Gasteiger partial charge in [0, 0.05) is 19.2 Å². The van der Waals surface area contributed by atoms with Crippen LogP contribution in [0, 0.1) is 0 Å². The Morgan fingerprint density at radius 1 is 1.29 bits per heavy atom. The Morgan fingerprint density at radius 3 is 2.71 bits per heavy atom. The third-order valence-electron chi connectivity index (χ3n) is 3.37. The molecule has 1 N–H and O–H groups in total. The molecule has 0 amide bonds. The molecule has 2 heterocycles. The molecule has 9 heteroatoms. The van der Waals surface area contributed by atoms with Crippen LogP contribution in [0.1, 0.15) is 0 Å². The van der Waals surface area contributed by atoms with Crippen molar-refractivity contribution in [2.45, 2.75) is 0 Å². The average molecular weight is 351 g/mol. The lowest BCUT2D eigenvalue weighted by Crippen LogP contribution is -2.29. The average Bonchev–Trinajstić information content (AvgIpc) is 3.12. The van der Waals surface area contributed by atoms with Gasteiger partial charge in [0.15, 0.2) is 5.58 Å². The van der Waals surface area contributed by atoms with Gasteiger partial charge in [-0.15, -0.1) is 0 Å². The summed E-state index contributed by atoms with van der Waals surface area (Å²) < 4.78 is 44.3. The van der Waals surface area contributed by atoms with Crippen LogP contribution in [0.25, 0.3) is 11.0 Å². The van der Waals surface area contributed by atoms with Gasteiger partial charge in [-0.3, -0.25) is 4.31 Å². The smallest absolute Gasteiger partial charge is 0.301 e. The highest BCUT2D eigenvalue weighted by Gasteiger charge is 2.31. The van der Waals surface area contributed by atoms with E-state index in [4.69, 9.17) is 14.0 Å². The van der Waals surface area contributed by atoms with Crippen LogP contribution in [0.5, 0.6) is 11.6 Å². The van der Waals surface area contributed by atoms with Crippen molar-refractivity contribution in [3.63, 3.8) is 0 Å². The van der Waals surface area contributed by atoms with Crippen LogP contribution in [0.3, 0.4) is 0 Å². The molecule has 0 bridgehead atoms. The number of nitrogens with one attached hydrogen (secondary N) is 1. The minimum Gasteiger partial charge on any atom is -0.487 e. The maximum Gasteiger partial charge on any atom is 0.301 e. The zero-order chi connectivity index (χ0) is 17.2. The number of benzene rings is 1. The highest BCUT2D eigenvalue weighted by Crippen LogP contribution is 2.38. The predicted molar refractivity (Wildman–Crippen MR) is 89.7 cm³/mol. The summed E-state index contributed by atoms with van der Waals surface area (Å²) >= 11 is 0. The second kappa shape index (κ2) is 6.54. The normalized spacial score (nSPS) is 16.2. The largest absolute Gasteiger partial charge is 0.487 e. The van der Waals surface area contributed by atoms with Crippen molar-refractivity contribution in [1.29, 1.82) is 0 Å². The van der Waals surface area contributed by atoms with Gasteiger partial charge in [-0.05, 0) is 11.2 Å². The maximum absolute atomic E-state index is 12.2. The molecule has 0 spiro atoms. The molecular formula is C15H17N3O5S.